The van der Waals surface area contributed by atoms with Gasteiger partial charge in [0.25, 0.3) is 0 Å². The highest BCUT2D eigenvalue weighted by molar-refractivity contribution is 5.49. The molecule has 0 saturated heterocycles. The van der Waals surface area contributed by atoms with Crippen LogP contribution >= 0.6 is 0 Å². The monoisotopic (exact) mass is 450 g/mol. The maximum atomic E-state index is 10.7. The third-order valence-corrected chi connectivity index (χ3v) is 6.99. The van der Waals surface area contributed by atoms with Crippen molar-refractivity contribution in [3.8, 4) is 5.75 Å². The molecule has 0 spiro atoms. The number of aliphatic hydroxyl groups is 2. The van der Waals surface area contributed by atoms with Crippen molar-refractivity contribution in [1.82, 2.24) is 4.98 Å². The Labute approximate surface area is 197 Å². The molecule has 1 aliphatic heterocycles. The highest BCUT2D eigenvalue weighted by Gasteiger charge is 2.48. The zero-order valence-corrected chi connectivity index (χ0v) is 19.7. The number of unbranched alkanes of at least 4 members (excludes halogenated alkanes) is 3. The van der Waals surface area contributed by atoms with Crippen LogP contribution in [0.4, 0.5) is 5.82 Å². The van der Waals surface area contributed by atoms with Crippen LogP contribution in [0.3, 0.4) is 0 Å². The quantitative estimate of drug-likeness (QED) is 0.305. The van der Waals surface area contributed by atoms with E-state index in [1.807, 2.05) is 30.4 Å². The molecule has 4 rings (SSSR count). The maximum Gasteiger partial charge on any atom is 0.126 e. The zero-order valence-electron chi connectivity index (χ0n) is 19.7. The van der Waals surface area contributed by atoms with Gasteiger partial charge in [-0.25, -0.2) is 4.98 Å². The number of nitrogens with one attached hydrogen (secondary N) is 1. The summed E-state index contributed by atoms with van der Waals surface area (Å²) < 4.78 is 6.39. The number of nitrogens with zero attached hydrogens (tertiary/aromatic N) is 1. The fraction of sp³-hybridized carbons (Fsp3) is 0.536. The Morgan fingerprint density at radius 2 is 2.06 bits per heavy atom. The average molecular weight is 451 g/mol. The largest absolute Gasteiger partial charge is 0.489 e. The predicted octanol–water partition coefficient (Wildman–Crippen LogP) is 5.24. The zero-order chi connectivity index (χ0) is 23.0. The molecular formula is C28H38N2O3. The molecule has 178 valence electrons. The first-order valence-corrected chi connectivity index (χ1v) is 12.6. The van der Waals surface area contributed by atoms with Gasteiger partial charge in [0.1, 0.15) is 17.7 Å². The molecular weight excluding hydrogens is 412 g/mol. The highest BCUT2D eigenvalue weighted by Crippen LogP contribution is 2.52. The third kappa shape index (κ3) is 5.96. The number of hydrogen-bond donors (Lipinski definition) is 3. The molecule has 5 atom stereocenters. The van der Waals surface area contributed by atoms with Crippen LogP contribution in [0.25, 0.3) is 0 Å². The van der Waals surface area contributed by atoms with Crippen molar-refractivity contribution < 1.29 is 14.9 Å². The highest BCUT2D eigenvalue weighted by atomic mass is 16.5. The lowest BCUT2D eigenvalue weighted by Gasteiger charge is -2.18. The van der Waals surface area contributed by atoms with Crippen molar-refractivity contribution in [2.75, 3.05) is 11.9 Å². The summed E-state index contributed by atoms with van der Waals surface area (Å²) in [6.45, 7) is 3.07. The van der Waals surface area contributed by atoms with Crippen LogP contribution in [0, 0.1) is 5.92 Å². The van der Waals surface area contributed by atoms with Crippen molar-refractivity contribution >= 4 is 5.82 Å². The second-order valence-corrected chi connectivity index (χ2v) is 9.44. The van der Waals surface area contributed by atoms with E-state index in [1.165, 1.54) is 11.1 Å². The number of hydrogen-bond acceptors (Lipinski definition) is 5. The van der Waals surface area contributed by atoms with E-state index in [0.717, 1.165) is 63.1 Å². The summed E-state index contributed by atoms with van der Waals surface area (Å²) in [5.74, 6) is 2.11. The number of ether oxygens (including phenoxy) is 1. The fourth-order valence-corrected chi connectivity index (χ4v) is 5.25. The van der Waals surface area contributed by atoms with E-state index < -0.39 is 12.2 Å². The number of aliphatic hydroxyl groups excluding tert-OH is 2. The van der Waals surface area contributed by atoms with E-state index in [9.17, 15) is 10.2 Å². The molecule has 1 aliphatic carbocycles. The molecule has 1 saturated carbocycles. The van der Waals surface area contributed by atoms with Gasteiger partial charge in [0.05, 0.1) is 12.2 Å². The molecule has 0 amide bonds. The lowest BCUT2D eigenvalue weighted by molar-refractivity contribution is 0.135. The van der Waals surface area contributed by atoms with Gasteiger partial charge in [-0.2, -0.15) is 0 Å². The number of pyridine rings is 1. The molecule has 5 heteroatoms. The minimum Gasteiger partial charge on any atom is -0.489 e. The number of para-hydroxylation sites is 1. The van der Waals surface area contributed by atoms with Gasteiger partial charge in [0.15, 0.2) is 0 Å². The first kappa shape index (κ1) is 23.8. The van der Waals surface area contributed by atoms with Gasteiger partial charge in [-0.05, 0) is 43.4 Å². The van der Waals surface area contributed by atoms with Crippen LogP contribution < -0.4 is 10.1 Å². The molecule has 1 fully saturated rings. The van der Waals surface area contributed by atoms with Gasteiger partial charge < -0.3 is 20.3 Å². The van der Waals surface area contributed by atoms with E-state index >= 15 is 0 Å². The first-order valence-electron chi connectivity index (χ1n) is 12.6. The Kier molecular flexibility index (Phi) is 8.40. The summed E-state index contributed by atoms with van der Waals surface area (Å²) in [5.41, 5.74) is 2.48. The van der Waals surface area contributed by atoms with E-state index in [-0.39, 0.29) is 17.9 Å². The molecule has 0 unspecified atom stereocenters. The van der Waals surface area contributed by atoms with Gasteiger partial charge in [-0.15, -0.1) is 0 Å². The second kappa shape index (κ2) is 11.7. The Morgan fingerprint density at radius 1 is 1.15 bits per heavy atom. The van der Waals surface area contributed by atoms with Crippen LogP contribution in [0.15, 0.2) is 54.7 Å². The van der Waals surface area contributed by atoms with Crippen LogP contribution in [0.5, 0.6) is 5.75 Å². The van der Waals surface area contributed by atoms with Crippen LogP contribution in [-0.4, -0.2) is 40.1 Å². The van der Waals surface area contributed by atoms with Crippen molar-refractivity contribution in [3.05, 3.63) is 65.9 Å². The summed E-state index contributed by atoms with van der Waals surface area (Å²) in [4.78, 5) is 4.30. The second-order valence-electron chi connectivity index (χ2n) is 9.44. The van der Waals surface area contributed by atoms with Crippen LogP contribution in [0.2, 0.25) is 0 Å². The van der Waals surface area contributed by atoms with E-state index in [4.69, 9.17) is 4.74 Å². The van der Waals surface area contributed by atoms with Gasteiger partial charge in [-0.1, -0.05) is 62.6 Å². The molecule has 2 aromatic rings. The van der Waals surface area contributed by atoms with Gasteiger partial charge in [0, 0.05) is 36.6 Å². The summed E-state index contributed by atoms with van der Waals surface area (Å²) in [5, 5.41) is 24.4. The summed E-state index contributed by atoms with van der Waals surface area (Å²) in [6.07, 6.45) is 12.8. The standard InChI is InChI=1S/C28H38N2O3/c1-2-3-4-12-21(31)15-16-22-24(32)19-25-27(22)23-13-9-11-20(28(23)33-25)10-5-7-17-29-26-14-6-8-18-30-26/h6,8-9,11,13-16,18,21-22,24-25,27,31-32H,2-5,7,10,12,17,19H2,1H3,(H,29,30)/b16-15+/t21-,22-,24+,25-,27-/m0/s1. The summed E-state index contributed by atoms with van der Waals surface area (Å²) in [7, 11) is 0. The number of anilines is 1. The molecule has 5 nitrogen and oxygen atoms in total. The molecule has 33 heavy (non-hydrogen) atoms. The normalized spacial score (nSPS) is 24.5. The molecule has 1 aromatic heterocycles. The Balaban J connectivity index is 1.34. The summed E-state index contributed by atoms with van der Waals surface area (Å²) >= 11 is 0. The van der Waals surface area contributed by atoms with Gasteiger partial charge in [-0.3, -0.25) is 0 Å². The van der Waals surface area contributed by atoms with Crippen molar-refractivity contribution in [2.45, 2.75) is 82.5 Å². The Bertz CT molecular complexity index is 901. The average Bonchev–Trinajstić information content (AvgIpc) is 3.33. The Morgan fingerprint density at radius 3 is 2.88 bits per heavy atom. The lowest BCUT2D eigenvalue weighted by Crippen LogP contribution is -2.17. The van der Waals surface area contributed by atoms with E-state index in [2.05, 4.69) is 35.4 Å². The van der Waals surface area contributed by atoms with Gasteiger partial charge >= 0.3 is 0 Å². The first-order chi connectivity index (χ1) is 16.2. The molecule has 2 aliphatic rings. The number of benzene rings is 1. The minimum atomic E-state index is -0.435. The van der Waals surface area contributed by atoms with E-state index in [0.29, 0.717) is 6.42 Å². The number of aryl methyl sites for hydroxylation is 1. The number of rotatable bonds is 12. The molecule has 0 bridgehead atoms. The minimum absolute atomic E-state index is 0.00472. The van der Waals surface area contributed by atoms with Crippen molar-refractivity contribution in [1.29, 1.82) is 0 Å². The van der Waals surface area contributed by atoms with Crippen LogP contribution in [0.1, 0.15) is 68.9 Å². The third-order valence-electron chi connectivity index (χ3n) is 6.99. The lowest BCUT2D eigenvalue weighted by atomic mass is 9.86. The van der Waals surface area contributed by atoms with Crippen molar-refractivity contribution in [3.63, 3.8) is 0 Å². The van der Waals surface area contributed by atoms with Crippen molar-refractivity contribution in [2.24, 2.45) is 5.92 Å². The SMILES string of the molecule is CCCCC[C@H](O)/C=C/[C@@H]1[C@H]2c3cccc(CCCCNc4ccccn4)c3O[C@H]2C[C@H]1O. The number of aromatic nitrogens is 1. The van der Waals surface area contributed by atoms with Crippen LogP contribution in [-0.2, 0) is 6.42 Å². The topological polar surface area (TPSA) is 74.6 Å². The molecule has 3 N–H and O–H groups in total. The smallest absolute Gasteiger partial charge is 0.126 e. The molecule has 0 radical (unpaired) electrons. The van der Waals surface area contributed by atoms with E-state index in [1.54, 1.807) is 6.20 Å². The molecule has 2 heterocycles. The predicted molar refractivity (Wildman–Crippen MR) is 133 cm³/mol. The number of fused-ring (bicyclic) bond motifs is 3. The fourth-order valence-electron chi connectivity index (χ4n) is 5.25. The van der Waals surface area contributed by atoms with Gasteiger partial charge in [0.2, 0.25) is 0 Å². The summed E-state index contributed by atoms with van der Waals surface area (Å²) in [6, 6.07) is 12.3. The molecule has 1 aromatic carbocycles. The maximum absolute atomic E-state index is 10.7. The Hall–Kier alpha value is -2.37.